The summed E-state index contributed by atoms with van der Waals surface area (Å²) in [6.07, 6.45) is 4.87. The van der Waals surface area contributed by atoms with E-state index in [9.17, 15) is 4.79 Å². The summed E-state index contributed by atoms with van der Waals surface area (Å²) in [5, 5.41) is 6.89. The molecule has 0 aliphatic heterocycles. The van der Waals surface area contributed by atoms with Crippen molar-refractivity contribution in [1.82, 2.24) is 10.5 Å². The number of fused-ring (bicyclic) bond motifs is 1. The van der Waals surface area contributed by atoms with Gasteiger partial charge < -0.3 is 9.84 Å². The minimum Gasteiger partial charge on any atom is -0.361 e. The Morgan fingerprint density at radius 3 is 2.64 bits per heavy atom. The van der Waals surface area contributed by atoms with Crippen molar-refractivity contribution in [3.05, 3.63) is 51.9 Å². The van der Waals surface area contributed by atoms with Gasteiger partial charge in [0.25, 0.3) is 5.91 Å². The Morgan fingerprint density at radius 1 is 1.23 bits per heavy atom. The molecule has 1 atom stereocenters. The first-order valence-electron chi connectivity index (χ1n) is 7.91. The van der Waals surface area contributed by atoms with E-state index in [4.69, 9.17) is 4.52 Å². The molecule has 0 bridgehead atoms. The molecule has 1 unspecified atom stereocenters. The molecule has 0 saturated carbocycles. The predicted octanol–water partition coefficient (Wildman–Crippen LogP) is 3.66. The Balaban J connectivity index is 1.77. The molecule has 2 aromatic rings. The first-order valence-corrected chi connectivity index (χ1v) is 7.91. The van der Waals surface area contributed by atoms with Gasteiger partial charge in [-0.15, -0.1) is 0 Å². The zero-order valence-electron chi connectivity index (χ0n) is 13.4. The number of aromatic nitrogens is 1. The third-order valence-electron chi connectivity index (χ3n) is 4.48. The third-order valence-corrected chi connectivity index (χ3v) is 4.48. The van der Waals surface area contributed by atoms with Crippen molar-refractivity contribution in [2.45, 2.75) is 52.5 Å². The van der Waals surface area contributed by atoms with Gasteiger partial charge in [-0.2, -0.15) is 0 Å². The summed E-state index contributed by atoms with van der Waals surface area (Å²) in [5.74, 6) is 0.439. The average molecular weight is 298 g/mol. The molecule has 0 fully saturated rings. The van der Waals surface area contributed by atoms with Gasteiger partial charge in [0, 0.05) is 0 Å². The minimum absolute atomic E-state index is 0.0339. The highest BCUT2D eigenvalue weighted by Crippen LogP contribution is 2.25. The summed E-state index contributed by atoms with van der Waals surface area (Å²) in [6, 6.07) is 6.55. The molecule has 1 heterocycles. The van der Waals surface area contributed by atoms with E-state index in [1.807, 2.05) is 6.92 Å². The number of carbonyl (C=O) groups is 1. The van der Waals surface area contributed by atoms with Crippen LogP contribution in [-0.2, 0) is 12.8 Å². The Labute approximate surface area is 130 Å². The molecule has 0 spiro atoms. The predicted molar refractivity (Wildman–Crippen MR) is 84.9 cm³/mol. The van der Waals surface area contributed by atoms with E-state index in [1.54, 1.807) is 13.8 Å². The molecular weight excluding hydrogens is 276 g/mol. The van der Waals surface area contributed by atoms with Gasteiger partial charge in [0.05, 0.1) is 11.7 Å². The maximum absolute atomic E-state index is 12.4. The highest BCUT2D eigenvalue weighted by atomic mass is 16.5. The second kappa shape index (κ2) is 5.95. The number of aryl methyl sites for hydroxylation is 4. The Bertz CT molecular complexity index is 684. The SMILES string of the molecule is Cc1noc(C)c1C(=O)NC(C)c1ccc2c(c1)CCCC2. The zero-order chi connectivity index (χ0) is 15.7. The third kappa shape index (κ3) is 2.78. The molecule has 1 N–H and O–H groups in total. The van der Waals surface area contributed by atoms with Crippen molar-refractivity contribution >= 4 is 5.91 Å². The Hall–Kier alpha value is -2.10. The Morgan fingerprint density at radius 2 is 1.95 bits per heavy atom. The molecule has 1 aromatic carbocycles. The van der Waals surface area contributed by atoms with Gasteiger partial charge >= 0.3 is 0 Å². The number of nitrogens with one attached hydrogen (secondary N) is 1. The molecule has 1 amide bonds. The largest absolute Gasteiger partial charge is 0.361 e. The number of hydrogen-bond acceptors (Lipinski definition) is 3. The number of benzene rings is 1. The summed E-state index contributed by atoms with van der Waals surface area (Å²) < 4.78 is 5.07. The van der Waals surface area contributed by atoms with E-state index in [1.165, 1.54) is 30.4 Å². The lowest BCUT2D eigenvalue weighted by molar-refractivity contribution is 0.0938. The van der Waals surface area contributed by atoms with E-state index in [-0.39, 0.29) is 11.9 Å². The van der Waals surface area contributed by atoms with Crippen LogP contribution >= 0.6 is 0 Å². The monoisotopic (exact) mass is 298 g/mol. The molecular formula is C18H22N2O2. The quantitative estimate of drug-likeness (QED) is 0.940. The second-order valence-electron chi connectivity index (χ2n) is 6.13. The van der Waals surface area contributed by atoms with Crippen LogP contribution in [0.5, 0.6) is 0 Å². The molecule has 4 nitrogen and oxygen atoms in total. The molecule has 22 heavy (non-hydrogen) atoms. The Kier molecular flexibility index (Phi) is 4.01. The normalized spacial score (nSPS) is 15.2. The van der Waals surface area contributed by atoms with Gasteiger partial charge in [0.2, 0.25) is 0 Å². The molecule has 0 saturated heterocycles. The summed E-state index contributed by atoms with van der Waals surface area (Å²) >= 11 is 0. The van der Waals surface area contributed by atoms with Gasteiger partial charge in [-0.1, -0.05) is 23.4 Å². The van der Waals surface area contributed by atoms with Crippen molar-refractivity contribution in [2.75, 3.05) is 0 Å². The molecule has 116 valence electrons. The molecule has 0 radical (unpaired) electrons. The van der Waals surface area contributed by atoms with Crippen LogP contribution in [0.3, 0.4) is 0 Å². The van der Waals surface area contributed by atoms with Crippen LogP contribution in [0.1, 0.15) is 64.3 Å². The lowest BCUT2D eigenvalue weighted by Gasteiger charge is -2.20. The van der Waals surface area contributed by atoms with E-state index < -0.39 is 0 Å². The van der Waals surface area contributed by atoms with E-state index in [0.717, 1.165) is 12.0 Å². The van der Waals surface area contributed by atoms with Crippen LogP contribution in [0.15, 0.2) is 22.7 Å². The van der Waals surface area contributed by atoms with Crippen molar-refractivity contribution < 1.29 is 9.32 Å². The average Bonchev–Trinajstić information content (AvgIpc) is 2.85. The lowest BCUT2D eigenvalue weighted by atomic mass is 9.89. The van der Waals surface area contributed by atoms with E-state index in [0.29, 0.717) is 17.0 Å². The molecule has 4 heteroatoms. The number of carbonyl (C=O) groups excluding carboxylic acids is 1. The highest BCUT2D eigenvalue weighted by Gasteiger charge is 2.20. The minimum atomic E-state index is -0.124. The fourth-order valence-electron chi connectivity index (χ4n) is 3.18. The number of nitrogens with zero attached hydrogens (tertiary/aromatic N) is 1. The number of rotatable bonds is 3. The van der Waals surface area contributed by atoms with Crippen molar-refractivity contribution in [3.8, 4) is 0 Å². The number of hydrogen-bond donors (Lipinski definition) is 1. The standard InChI is InChI=1S/C18H22N2O2/c1-11(19-18(21)17-12(2)20-22-13(17)3)15-9-8-14-6-4-5-7-16(14)10-15/h8-11H,4-7H2,1-3H3,(H,19,21). The lowest BCUT2D eigenvalue weighted by Crippen LogP contribution is -2.27. The maximum Gasteiger partial charge on any atom is 0.257 e. The summed E-state index contributed by atoms with van der Waals surface area (Å²) in [5.41, 5.74) is 5.22. The van der Waals surface area contributed by atoms with Crippen LogP contribution in [0, 0.1) is 13.8 Å². The first kappa shape index (κ1) is 14.8. The van der Waals surface area contributed by atoms with Crippen molar-refractivity contribution in [3.63, 3.8) is 0 Å². The van der Waals surface area contributed by atoms with Crippen molar-refractivity contribution in [2.24, 2.45) is 0 Å². The van der Waals surface area contributed by atoms with Crippen LogP contribution in [0.2, 0.25) is 0 Å². The van der Waals surface area contributed by atoms with Crippen molar-refractivity contribution in [1.29, 1.82) is 0 Å². The topological polar surface area (TPSA) is 55.1 Å². The van der Waals surface area contributed by atoms with Gasteiger partial charge in [-0.25, -0.2) is 0 Å². The number of amides is 1. The van der Waals surface area contributed by atoms with E-state index >= 15 is 0 Å². The molecule has 1 aliphatic rings. The zero-order valence-corrected chi connectivity index (χ0v) is 13.4. The fourth-order valence-corrected chi connectivity index (χ4v) is 3.18. The van der Waals surface area contributed by atoms with Crippen LogP contribution in [0.4, 0.5) is 0 Å². The molecule has 3 rings (SSSR count). The van der Waals surface area contributed by atoms with Crippen LogP contribution in [-0.4, -0.2) is 11.1 Å². The van der Waals surface area contributed by atoms with Crippen LogP contribution in [0.25, 0.3) is 0 Å². The summed E-state index contributed by atoms with van der Waals surface area (Å²) in [6.45, 7) is 5.56. The molecule has 1 aliphatic carbocycles. The smallest absolute Gasteiger partial charge is 0.257 e. The fraction of sp³-hybridized carbons (Fsp3) is 0.444. The second-order valence-corrected chi connectivity index (χ2v) is 6.13. The highest BCUT2D eigenvalue weighted by molar-refractivity contribution is 5.96. The van der Waals surface area contributed by atoms with E-state index in [2.05, 4.69) is 28.7 Å². The van der Waals surface area contributed by atoms with Gasteiger partial charge in [-0.3, -0.25) is 4.79 Å². The van der Waals surface area contributed by atoms with Gasteiger partial charge in [0.15, 0.2) is 0 Å². The first-order chi connectivity index (χ1) is 10.6. The van der Waals surface area contributed by atoms with Gasteiger partial charge in [-0.05, 0) is 63.1 Å². The summed E-state index contributed by atoms with van der Waals surface area (Å²) in [7, 11) is 0. The molecule has 1 aromatic heterocycles. The van der Waals surface area contributed by atoms with Crippen LogP contribution < -0.4 is 5.32 Å². The summed E-state index contributed by atoms with van der Waals surface area (Å²) in [4.78, 5) is 12.4. The maximum atomic E-state index is 12.4. The van der Waals surface area contributed by atoms with Gasteiger partial charge in [0.1, 0.15) is 11.3 Å².